The number of carbonyl (C=O) groups excluding carboxylic acids is 1. The summed E-state index contributed by atoms with van der Waals surface area (Å²) in [4.78, 5) is 19.1. The second-order valence-corrected chi connectivity index (χ2v) is 10.0. The van der Waals surface area contributed by atoms with Gasteiger partial charge in [0.2, 0.25) is 5.91 Å². The molecule has 0 aliphatic carbocycles. The molecule has 2 atom stereocenters. The molecule has 1 aliphatic rings. The van der Waals surface area contributed by atoms with Gasteiger partial charge in [-0.15, -0.1) is 0 Å². The normalized spacial score (nSPS) is 17.1. The number of aryl methyl sites for hydroxylation is 1. The van der Waals surface area contributed by atoms with Crippen molar-refractivity contribution in [1.29, 1.82) is 0 Å². The zero-order valence-corrected chi connectivity index (χ0v) is 22.4. The van der Waals surface area contributed by atoms with Gasteiger partial charge in [0.05, 0.1) is 17.4 Å². The van der Waals surface area contributed by atoms with Crippen LogP contribution in [0.5, 0.6) is 0 Å². The minimum atomic E-state index is -0.479. The summed E-state index contributed by atoms with van der Waals surface area (Å²) in [5.41, 5.74) is 3.04. The highest BCUT2D eigenvalue weighted by Gasteiger charge is 2.41. The molecule has 2 aromatic carbocycles. The van der Waals surface area contributed by atoms with E-state index in [2.05, 4.69) is 31.5 Å². The average Bonchev–Trinajstić information content (AvgIpc) is 3.49. The molecular weight excluding hydrogens is 555 g/mol. The van der Waals surface area contributed by atoms with Crippen LogP contribution in [0, 0.1) is 12.7 Å². The van der Waals surface area contributed by atoms with Crippen LogP contribution in [-0.2, 0) is 4.79 Å². The number of furan rings is 1. The lowest BCUT2D eigenvalue weighted by Crippen LogP contribution is -2.32. The van der Waals surface area contributed by atoms with E-state index in [9.17, 15) is 9.18 Å². The second kappa shape index (κ2) is 10.8. The number of anilines is 1. The van der Waals surface area contributed by atoms with Gasteiger partial charge in [0.1, 0.15) is 23.4 Å². The van der Waals surface area contributed by atoms with E-state index in [4.69, 9.17) is 16.6 Å². The van der Waals surface area contributed by atoms with Crippen LogP contribution in [0.3, 0.4) is 0 Å². The number of pyridine rings is 1. The molecular formula is C28H24BrFN4O2S. The lowest BCUT2D eigenvalue weighted by molar-refractivity contribution is -0.116. The fourth-order valence-corrected chi connectivity index (χ4v) is 5.45. The van der Waals surface area contributed by atoms with Crippen molar-refractivity contribution in [2.45, 2.75) is 25.4 Å². The quantitative estimate of drug-likeness (QED) is 0.242. The number of rotatable bonds is 7. The Kier molecular flexibility index (Phi) is 7.34. The van der Waals surface area contributed by atoms with Crippen LogP contribution in [0.2, 0.25) is 0 Å². The molecule has 3 heterocycles. The van der Waals surface area contributed by atoms with Crippen molar-refractivity contribution in [3.63, 3.8) is 0 Å². The Morgan fingerprint density at radius 3 is 2.73 bits per heavy atom. The molecule has 0 saturated carbocycles. The van der Waals surface area contributed by atoms with E-state index >= 15 is 0 Å². The summed E-state index contributed by atoms with van der Waals surface area (Å²) in [6.45, 7) is 2.34. The number of amides is 1. The summed E-state index contributed by atoms with van der Waals surface area (Å²) in [5, 5.41) is 6.49. The molecule has 1 aliphatic heterocycles. The number of carbonyl (C=O) groups is 1. The first-order valence-electron chi connectivity index (χ1n) is 11.8. The van der Waals surface area contributed by atoms with Crippen LogP contribution < -0.4 is 10.6 Å². The van der Waals surface area contributed by atoms with Crippen molar-refractivity contribution >= 4 is 44.9 Å². The minimum Gasteiger partial charge on any atom is -0.459 e. The van der Waals surface area contributed by atoms with Crippen molar-refractivity contribution in [3.8, 4) is 11.3 Å². The fourth-order valence-electron chi connectivity index (χ4n) is 4.43. The number of benzene rings is 2. The van der Waals surface area contributed by atoms with Crippen molar-refractivity contribution in [2.75, 3.05) is 11.9 Å². The van der Waals surface area contributed by atoms with E-state index in [-0.39, 0.29) is 30.1 Å². The summed E-state index contributed by atoms with van der Waals surface area (Å²) >= 11 is 9.31. The summed E-state index contributed by atoms with van der Waals surface area (Å²) in [5.74, 6) is 0.626. The Bertz CT molecular complexity index is 1450. The maximum absolute atomic E-state index is 14.0. The van der Waals surface area contributed by atoms with E-state index in [1.807, 2.05) is 60.4 Å². The Hall–Kier alpha value is -3.56. The van der Waals surface area contributed by atoms with Crippen molar-refractivity contribution < 1.29 is 13.6 Å². The molecule has 6 nitrogen and oxygen atoms in total. The van der Waals surface area contributed by atoms with Gasteiger partial charge in [0.15, 0.2) is 5.11 Å². The number of nitrogens with zero attached hydrogens (tertiary/aromatic N) is 2. The Labute approximate surface area is 228 Å². The van der Waals surface area contributed by atoms with Crippen LogP contribution in [0.1, 0.15) is 35.5 Å². The molecule has 0 spiro atoms. The summed E-state index contributed by atoms with van der Waals surface area (Å²) in [6.07, 6.45) is 1.84. The summed E-state index contributed by atoms with van der Waals surface area (Å²) in [6, 6.07) is 21.2. The van der Waals surface area contributed by atoms with Crippen molar-refractivity contribution in [3.05, 3.63) is 106 Å². The predicted molar refractivity (Wildman–Crippen MR) is 148 cm³/mol. The third kappa shape index (κ3) is 5.42. The summed E-state index contributed by atoms with van der Waals surface area (Å²) < 4.78 is 21.3. The first-order chi connectivity index (χ1) is 17.9. The maximum Gasteiger partial charge on any atom is 0.226 e. The first kappa shape index (κ1) is 25.1. The van der Waals surface area contributed by atoms with E-state index < -0.39 is 5.82 Å². The molecule has 1 amide bonds. The minimum absolute atomic E-state index is 0.110. The lowest BCUT2D eigenvalue weighted by Gasteiger charge is -2.25. The zero-order valence-electron chi connectivity index (χ0n) is 19.9. The molecule has 0 unspecified atom stereocenters. The molecule has 37 heavy (non-hydrogen) atoms. The van der Waals surface area contributed by atoms with Crippen molar-refractivity contribution in [2.24, 2.45) is 0 Å². The number of halogens is 2. The zero-order chi connectivity index (χ0) is 25.9. The van der Waals surface area contributed by atoms with Crippen LogP contribution in [-0.4, -0.2) is 27.4 Å². The summed E-state index contributed by atoms with van der Waals surface area (Å²) in [7, 11) is 0. The number of aromatic nitrogens is 1. The lowest BCUT2D eigenvalue weighted by atomic mass is 10.0. The SMILES string of the molecule is Cc1ccc(-c2ccc([C@@H]3[C@H](c4ccccn4)NC(=S)N3CCC(=O)Nc3ccccc3F)o2)c(Br)c1. The van der Waals surface area contributed by atoms with E-state index in [0.29, 0.717) is 17.4 Å². The molecule has 9 heteroatoms. The first-order valence-corrected chi connectivity index (χ1v) is 13.0. The number of hydrogen-bond acceptors (Lipinski definition) is 4. The monoisotopic (exact) mass is 578 g/mol. The van der Waals surface area contributed by atoms with Gasteiger partial charge in [-0.2, -0.15) is 0 Å². The van der Waals surface area contributed by atoms with Crippen LogP contribution in [0.4, 0.5) is 10.1 Å². The maximum atomic E-state index is 14.0. The van der Waals surface area contributed by atoms with Crippen molar-refractivity contribution in [1.82, 2.24) is 15.2 Å². The number of hydrogen-bond donors (Lipinski definition) is 2. The third-order valence-electron chi connectivity index (χ3n) is 6.23. The van der Waals surface area contributed by atoms with Gasteiger partial charge in [0.25, 0.3) is 0 Å². The van der Waals surface area contributed by atoms with Gasteiger partial charge in [-0.05, 0) is 73.2 Å². The second-order valence-electron chi connectivity index (χ2n) is 8.78. The highest BCUT2D eigenvalue weighted by Crippen LogP contribution is 2.41. The molecule has 2 aromatic heterocycles. The Morgan fingerprint density at radius 1 is 1.16 bits per heavy atom. The number of para-hydroxylation sites is 1. The Balaban J connectivity index is 1.42. The molecule has 1 saturated heterocycles. The van der Waals surface area contributed by atoms with E-state index in [0.717, 1.165) is 27.1 Å². The molecule has 1 fully saturated rings. The highest BCUT2D eigenvalue weighted by molar-refractivity contribution is 9.10. The number of thiocarbonyl (C=S) groups is 1. The van der Waals surface area contributed by atoms with Crippen LogP contribution in [0.15, 0.2) is 87.9 Å². The standard InChI is InChI=1S/C28H24BrFN4O2S/c1-17-9-10-18(19(29)16-17)23-11-12-24(36-23)27-26(22-8-4-5-14-31-22)33-28(37)34(27)15-13-25(35)32-21-7-3-2-6-20(21)30/h2-12,14,16,26-27H,13,15H2,1H3,(H,32,35)(H,33,37)/t26-,27+/m0/s1. The molecule has 0 radical (unpaired) electrons. The molecule has 188 valence electrons. The van der Waals surface area contributed by atoms with Gasteiger partial charge in [-0.1, -0.05) is 40.2 Å². The van der Waals surface area contributed by atoms with E-state index in [1.165, 1.54) is 12.1 Å². The molecule has 4 aromatic rings. The predicted octanol–water partition coefficient (Wildman–Crippen LogP) is 6.55. The van der Waals surface area contributed by atoms with Crippen LogP contribution in [0.25, 0.3) is 11.3 Å². The fraction of sp³-hybridized carbons (Fsp3) is 0.179. The van der Waals surface area contributed by atoms with Gasteiger partial charge < -0.3 is 20.0 Å². The van der Waals surface area contributed by atoms with Gasteiger partial charge in [-0.3, -0.25) is 9.78 Å². The van der Waals surface area contributed by atoms with Gasteiger partial charge in [0, 0.05) is 29.2 Å². The Morgan fingerprint density at radius 2 is 1.97 bits per heavy atom. The average molecular weight is 579 g/mol. The number of nitrogens with one attached hydrogen (secondary N) is 2. The van der Waals surface area contributed by atoms with Gasteiger partial charge >= 0.3 is 0 Å². The highest BCUT2D eigenvalue weighted by atomic mass is 79.9. The van der Waals surface area contributed by atoms with E-state index in [1.54, 1.807) is 18.3 Å². The largest absolute Gasteiger partial charge is 0.459 e. The molecule has 2 N–H and O–H groups in total. The smallest absolute Gasteiger partial charge is 0.226 e. The van der Waals surface area contributed by atoms with Gasteiger partial charge in [-0.25, -0.2) is 4.39 Å². The van der Waals surface area contributed by atoms with Crippen LogP contribution >= 0.6 is 28.1 Å². The topological polar surface area (TPSA) is 70.4 Å². The molecule has 5 rings (SSSR count). The molecule has 0 bridgehead atoms. The third-order valence-corrected chi connectivity index (χ3v) is 7.24.